The number of carbonyl (C=O) groups is 3. The minimum Gasteiger partial charge on any atom is -0.477 e. The summed E-state index contributed by atoms with van der Waals surface area (Å²) in [5.74, 6) is -0.625. The lowest BCUT2D eigenvalue weighted by Crippen LogP contribution is -2.70. The number of nitrogens with two attached hydrogens (primary N) is 2. The van der Waals surface area contributed by atoms with Gasteiger partial charge in [-0.3, -0.25) is 14.5 Å². The maximum atomic E-state index is 12.9. The first-order chi connectivity index (χ1) is 18.1. The third-order valence-corrected chi connectivity index (χ3v) is 9.43. The van der Waals surface area contributed by atoms with Gasteiger partial charge in [-0.25, -0.2) is 14.8 Å². The zero-order valence-electron chi connectivity index (χ0n) is 19.8. The highest BCUT2D eigenvalue weighted by Crippen LogP contribution is 2.41. The van der Waals surface area contributed by atoms with Crippen molar-refractivity contribution in [2.24, 2.45) is 0 Å². The number of halogens is 2. The topological polar surface area (TPSA) is 165 Å². The van der Waals surface area contributed by atoms with Crippen LogP contribution in [0.3, 0.4) is 0 Å². The molecule has 1 aromatic carbocycles. The number of anilines is 2. The van der Waals surface area contributed by atoms with Crippen molar-refractivity contribution >= 4 is 87.9 Å². The molecule has 4 rings (SSSR count). The lowest BCUT2D eigenvalue weighted by molar-refractivity contribution is -0.150. The Balaban J connectivity index is 1.37. The zero-order chi connectivity index (χ0) is 27.6. The van der Waals surface area contributed by atoms with E-state index in [1.165, 1.54) is 40.2 Å². The number of carbonyl (C=O) groups excluding carboxylic acids is 2. The highest BCUT2D eigenvalue weighted by atomic mass is 35.5. The van der Waals surface area contributed by atoms with E-state index in [9.17, 15) is 19.5 Å². The fraction of sp³-hybridized carbons (Fsp3) is 0.261. The quantitative estimate of drug-likeness (QED) is 0.186. The summed E-state index contributed by atoms with van der Waals surface area (Å²) in [5.41, 5.74) is 12.7. The summed E-state index contributed by atoms with van der Waals surface area (Å²) in [6.07, 6.45) is 3.44. The van der Waals surface area contributed by atoms with Gasteiger partial charge in [-0.2, -0.15) is 0 Å². The number of benzene rings is 1. The maximum absolute atomic E-state index is 12.9. The molecule has 2 atom stereocenters. The normalized spacial score (nSPS) is 18.9. The van der Waals surface area contributed by atoms with Crippen LogP contribution in [-0.2, 0) is 14.4 Å². The highest BCUT2D eigenvalue weighted by Gasteiger charge is 2.53. The molecule has 3 heterocycles. The van der Waals surface area contributed by atoms with Crippen LogP contribution >= 0.6 is 58.5 Å². The van der Waals surface area contributed by atoms with Crippen LogP contribution < -0.4 is 16.8 Å². The number of aromatic nitrogens is 2. The van der Waals surface area contributed by atoms with Gasteiger partial charge < -0.3 is 21.9 Å². The van der Waals surface area contributed by atoms with Gasteiger partial charge in [0.1, 0.15) is 28.7 Å². The Morgan fingerprint density at radius 3 is 2.66 bits per heavy atom. The molecule has 0 radical (unpaired) electrons. The molecule has 0 bridgehead atoms. The van der Waals surface area contributed by atoms with E-state index in [0.717, 1.165) is 0 Å². The minimum atomic E-state index is -1.21. The molecule has 2 aromatic rings. The smallest absolute Gasteiger partial charge is 0.352 e. The molecule has 200 valence electrons. The molecule has 1 aromatic heterocycles. The Bertz CT molecular complexity index is 1350. The summed E-state index contributed by atoms with van der Waals surface area (Å²) in [7, 11) is 0. The zero-order valence-corrected chi connectivity index (χ0v) is 23.8. The number of thioether (sulfide) groups is 3. The van der Waals surface area contributed by atoms with Crippen molar-refractivity contribution in [1.82, 2.24) is 20.2 Å². The largest absolute Gasteiger partial charge is 0.477 e. The average molecular weight is 614 g/mol. The molecule has 2 aliphatic heterocycles. The van der Waals surface area contributed by atoms with Crippen molar-refractivity contribution < 1.29 is 19.5 Å². The van der Waals surface area contributed by atoms with Gasteiger partial charge in [0.15, 0.2) is 5.16 Å². The predicted molar refractivity (Wildman–Crippen MR) is 152 cm³/mol. The summed E-state index contributed by atoms with van der Waals surface area (Å²) in [5, 5.41) is 13.4. The fourth-order valence-electron chi connectivity index (χ4n) is 3.62. The Kier molecular flexibility index (Phi) is 9.04. The molecule has 1 saturated heterocycles. The molecule has 1 unspecified atom stereocenters. The number of hydrogen-bond acceptors (Lipinski definition) is 10. The molecule has 15 heteroatoms. The lowest BCUT2D eigenvalue weighted by Gasteiger charge is -2.49. The van der Waals surface area contributed by atoms with E-state index in [4.69, 9.17) is 34.7 Å². The number of nitrogens with zero attached hydrogens (tertiary/aromatic N) is 3. The van der Waals surface area contributed by atoms with Gasteiger partial charge in [0, 0.05) is 27.0 Å². The summed E-state index contributed by atoms with van der Waals surface area (Å²) in [4.78, 5) is 47.6. The fourth-order valence-corrected chi connectivity index (χ4v) is 6.91. The van der Waals surface area contributed by atoms with Crippen LogP contribution in [0, 0.1) is 6.92 Å². The Morgan fingerprint density at radius 1 is 1.26 bits per heavy atom. The van der Waals surface area contributed by atoms with Crippen molar-refractivity contribution in [3.05, 3.63) is 57.2 Å². The second-order valence-corrected chi connectivity index (χ2v) is 12.1. The van der Waals surface area contributed by atoms with Gasteiger partial charge in [0.2, 0.25) is 5.91 Å². The maximum Gasteiger partial charge on any atom is 0.352 e. The number of rotatable bonds is 9. The van der Waals surface area contributed by atoms with E-state index in [-0.39, 0.29) is 17.4 Å². The van der Waals surface area contributed by atoms with Crippen LogP contribution in [0.1, 0.15) is 5.56 Å². The van der Waals surface area contributed by atoms with E-state index < -0.39 is 23.3 Å². The molecule has 0 saturated carbocycles. The first kappa shape index (κ1) is 28.4. The van der Waals surface area contributed by atoms with Crippen molar-refractivity contribution in [2.45, 2.75) is 28.4 Å². The van der Waals surface area contributed by atoms with Crippen molar-refractivity contribution in [3.8, 4) is 0 Å². The van der Waals surface area contributed by atoms with E-state index in [0.29, 0.717) is 54.4 Å². The van der Waals surface area contributed by atoms with Gasteiger partial charge in [0.25, 0.3) is 5.91 Å². The number of amides is 2. The lowest BCUT2D eigenvalue weighted by atomic mass is 10.0. The number of β-lactam (4-membered cyclic amide) rings is 1. The first-order valence-corrected chi connectivity index (χ1v) is 14.8. The molecule has 1 fully saturated rings. The molecule has 0 aliphatic carbocycles. The number of allylic oxidation sites excluding steroid dienone is 1. The third kappa shape index (κ3) is 6.18. The number of carboxylic acid groups (broad SMARTS) is 1. The average Bonchev–Trinajstić information content (AvgIpc) is 2.88. The summed E-state index contributed by atoms with van der Waals surface area (Å²) in [6, 6.07) is 4.14. The predicted octanol–water partition coefficient (Wildman–Crippen LogP) is 3.44. The Hall–Kier alpha value is -2.58. The molecule has 38 heavy (non-hydrogen) atoms. The second-order valence-electron chi connectivity index (χ2n) is 8.11. The van der Waals surface area contributed by atoms with Gasteiger partial charge in [-0.1, -0.05) is 47.1 Å². The molecule has 2 aliphatic rings. The van der Waals surface area contributed by atoms with Gasteiger partial charge in [0.05, 0.1) is 10.8 Å². The van der Waals surface area contributed by atoms with Crippen LogP contribution in [0.15, 0.2) is 51.7 Å². The van der Waals surface area contributed by atoms with Crippen molar-refractivity contribution in [2.75, 3.05) is 28.7 Å². The number of nitrogen functional groups attached to an aromatic ring is 2. The van der Waals surface area contributed by atoms with Gasteiger partial charge in [-0.15, -0.1) is 23.5 Å². The SMILES string of the molecule is Cc1c(N)nc(SC/C=C/C2=C(C(=O)O)N3C(=O)[C@@H](NC(=O)CSc4cc(Cl)ccc4Cl)C3SC2)nc1N. The van der Waals surface area contributed by atoms with Crippen LogP contribution in [0.4, 0.5) is 11.6 Å². The van der Waals surface area contributed by atoms with Gasteiger partial charge in [-0.05, 0) is 30.7 Å². The van der Waals surface area contributed by atoms with Crippen LogP contribution in [-0.4, -0.2) is 66.4 Å². The van der Waals surface area contributed by atoms with Crippen molar-refractivity contribution in [1.29, 1.82) is 0 Å². The summed E-state index contributed by atoms with van der Waals surface area (Å²) < 4.78 is 0. The number of carboxylic acids is 1. The first-order valence-electron chi connectivity index (χ1n) is 11.0. The molecular formula is C23H22Cl2N6O4S3. The van der Waals surface area contributed by atoms with Crippen LogP contribution in [0.2, 0.25) is 10.0 Å². The molecule has 2 amide bonds. The molecule has 0 spiro atoms. The number of hydrogen-bond donors (Lipinski definition) is 4. The molecule has 6 N–H and O–H groups in total. The molecule has 10 nitrogen and oxygen atoms in total. The van der Waals surface area contributed by atoms with E-state index >= 15 is 0 Å². The van der Waals surface area contributed by atoms with Crippen LogP contribution in [0.25, 0.3) is 0 Å². The van der Waals surface area contributed by atoms with Crippen LogP contribution in [0.5, 0.6) is 0 Å². The summed E-state index contributed by atoms with van der Waals surface area (Å²) in [6.45, 7) is 1.73. The molecular weight excluding hydrogens is 591 g/mol. The number of fused-ring (bicyclic) bond motifs is 1. The number of aliphatic carboxylic acids is 1. The summed E-state index contributed by atoms with van der Waals surface area (Å²) >= 11 is 16.0. The van der Waals surface area contributed by atoms with Crippen molar-refractivity contribution in [3.63, 3.8) is 0 Å². The van der Waals surface area contributed by atoms with E-state index in [1.54, 1.807) is 37.3 Å². The monoisotopic (exact) mass is 612 g/mol. The number of nitrogens with one attached hydrogen (secondary N) is 1. The van der Waals surface area contributed by atoms with E-state index in [2.05, 4.69) is 15.3 Å². The van der Waals surface area contributed by atoms with E-state index in [1.807, 2.05) is 0 Å². The Morgan fingerprint density at radius 2 is 1.97 bits per heavy atom. The Labute approximate surface area is 241 Å². The standard InChI is InChI=1S/C23H22Cl2N6O4S3/c1-10-18(26)29-23(30-19(10)27)36-6-2-3-11-8-38-21-16(20(33)31(21)17(11)22(34)35)28-15(32)9-37-14-7-12(24)4-5-13(14)25/h2-5,7,16,21H,6,8-9H2,1H3,(H,28,32)(H,34,35)(H4,26,27,29,30)/b3-2+/t16-,21?/m1/s1. The second kappa shape index (κ2) is 12.1. The third-order valence-electron chi connectivity index (χ3n) is 5.60. The van der Waals surface area contributed by atoms with Gasteiger partial charge >= 0.3 is 5.97 Å². The minimum absolute atomic E-state index is 0.0243. The highest BCUT2D eigenvalue weighted by molar-refractivity contribution is 8.00.